The van der Waals surface area contributed by atoms with Crippen molar-refractivity contribution in [2.75, 3.05) is 0 Å². The summed E-state index contributed by atoms with van der Waals surface area (Å²) in [4.78, 5) is 30.9. The Balaban J connectivity index is 1.74. The zero-order valence-electron chi connectivity index (χ0n) is 14.0. The van der Waals surface area contributed by atoms with E-state index in [1.807, 2.05) is 37.3 Å². The fourth-order valence-electron chi connectivity index (χ4n) is 3.07. The first-order valence-electron chi connectivity index (χ1n) is 8.22. The first kappa shape index (κ1) is 17.4. The molecule has 1 aromatic heterocycles. The van der Waals surface area contributed by atoms with Gasteiger partial charge in [0.05, 0.1) is 0 Å². The quantitative estimate of drug-likeness (QED) is 0.894. The highest BCUT2D eigenvalue weighted by Crippen LogP contribution is 2.33. The Kier molecular flexibility index (Phi) is 5.04. The molecule has 1 aliphatic rings. The first-order chi connectivity index (χ1) is 12.0. The molecule has 6 heteroatoms. The van der Waals surface area contributed by atoms with Crippen LogP contribution in [0.25, 0.3) is 0 Å². The molecule has 1 aromatic carbocycles. The Bertz CT molecular complexity index is 781. The number of halogens is 1. The summed E-state index contributed by atoms with van der Waals surface area (Å²) < 4.78 is 0. The fraction of sp³-hybridized carbons (Fsp3) is 0.316. The van der Waals surface area contributed by atoms with E-state index in [-0.39, 0.29) is 11.8 Å². The lowest BCUT2D eigenvalue weighted by atomic mass is 9.97. The van der Waals surface area contributed by atoms with E-state index in [4.69, 9.17) is 11.6 Å². The molecule has 2 amide bonds. The van der Waals surface area contributed by atoms with Crippen molar-refractivity contribution >= 4 is 23.4 Å². The molecule has 2 heterocycles. The molecule has 1 saturated heterocycles. The van der Waals surface area contributed by atoms with Crippen LogP contribution in [0.3, 0.4) is 0 Å². The molecule has 0 spiro atoms. The number of carbonyl (C=O) groups excluding carboxylic acids is 2. The van der Waals surface area contributed by atoms with Gasteiger partial charge in [0.2, 0.25) is 11.8 Å². The normalized spacial score (nSPS) is 19.9. The standard InChI is InChI=1S/C19H20ClN3O2/c1-19(18(25)22-12-14-5-4-10-21-11-14)9-8-17(24)23(19)13-15-6-2-3-7-16(15)20/h2-7,10-11H,8-9,12-13H2,1H3,(H,22,25)/t19-/m1/s1. The van der Waals surface area contributed by atoms with Crippen molar-refractivity contribution in [3.05, 3.63) is 64.9 Å². The number of pyridine rings is 1. The van der Waals surface area contributed by atoms with Crippen LogP contribution in [0.4, 0.5) is 0 Å². The van der Waals surface area contributed by atoms with Gasteiger partial charge in [-0.1, -0.05) is 35.9 Å². The van der Waals surface area contributed by atoms with Gasteiger partial charge >= 0.3 is 0 Å². The minimum absolute atomic E-state index is 0.0288. The molecule has 0 aliphatic carbocycles. The summed E-state index contributed by atoms with van der Waals surface area (Å²) >= 11 is 6.22. The lowest BCUT2D eigenvalue weighted by Crippen LogP contribution is -2.53. The maximum atomic E-state index is 12.8. The van der Waals surface area contributed by atoms with Crippen molar-refractivity contribution < 1.29 is 9.59 Å². The van der Waals surface area contributed by atoms with Crippen LogP contribution in [0.2, 0.25) is 5.02 Å². The number of amides is 2. The molecule has 3 rings (SSSR count). The van der Waals surface area contributed by atoms with Gasteiger partial charge in [-0.15, -0.1) is 0 Å². The molecule has 0 bridgehead atoms. The Morgan fingerprint density at radius 1 is 1.32 bits per heavy atom. The highest BCUT2D eigenvalue weighted by molar-refractivity contribution is 6.31. The molecule has 25 heavy (non-hydrogen) atoms. The molecule has 130 valence electrons. The van der Waals surface area contributed by atoms with Crippen LogP contribution in [-0.2, 0) is 22.7 Å². The van der Waals surface area contributed by atoms with Crippen molar-refractivity contribution in [2.24, 2.45) is 0 Å². The number of nitrogens with one attached hydrogen (secondary N) is 1. The van der Waals surface area contributed by atoms with Gasteiger partial charge < -0.3 is 10.2 Å². The fourth-order valence-corrected chi connectivity index (χ4v) is 3.26. The monoisotopic (exact) mass is 357 g/mol. The van der Waals surface area contributed by atoms with E-state index in [9.17, 15) is 9.59 Å². The number of rotatable bonds is 5. The predicted octanol–water partition coefficient (Wildman–Crippen LogP) is 2.93. The van der Waals surface area contributed by atoms with Crippen LogP contribution in [0, 0.1) is 0 Å². The highest BCUT2D eigenvalue weighted by atomic mass is 35.5. The Labute approximate surface area is 152 Å². The van der Waals surface area contributed by atoms with Crippen molar-refractivity contribution in [1.82, 2.24) is 15.2 Å². The summed E-state index contributed by atoms with van der Waals surface area (Å²) in [6, 6.07) is 11.1. The maximum absolute atomic E-state index is 12.8. The number of likely N-dealkylation sites (tertiary alicyclic amines) is 1. The van der Waals surface area contributed by atoms with Crippen molar-refractivity contribution in [1.29, 1.82) is 0 Å². The third kappa shape index (κ3) is 3.66. The zero-order chi connectivity index (χ0) is 17.9. The minimum atomic E-state index is -0.877. The second-order valence-corrected chi connectivity index (χ2v) is 6.80. The van der Waals surface area contributed by atoms with Crippen LogP contribution >= 0.6 is 11.6 Å². The summed E-state index contributed by atoms with van der Waals surface area (Å²) in [6.45, 7) is 2.53. The molecule has 1 atom stereocenters. The van der Waals surface area contributed by atoms with Crippen LogP contribution in [0.1, 0.15) is 30.9 Å². The van der Waals surface area contributed by atoms with Crippen LogP contribution in [0.5, 0.6) is 0 Å². The first-order valence-corrected chi connectivity index (χ1v) is 8.59. The summed E-state index contributed by atoms with van der Waals surface area (Å²) in [6.07, 6.45) is 4.26. The number of aromatic nitrogens is 1. The second kappa shape index (κ2) is 7.23. The second-order valence-electron chi connectivity index (χ2n) is 6.39. The van der Waals surface area contributed by atoms with E-state index >= 15 is 0 Å². The number of nitrogens with zero attached hydrogens (tertiary/aromatic N) is 2. The summed E-state index contributed by atoms with van der Waals surface area (Å²) in [5.41, 5.74) is 0.880. The third-order valence-electron chi connectivity index (χ3n) is 4.67. The summed E-state index contributed by atoms with van der Waals surface area (Å²) in [7, 11) is 0. The van der Waals surface area contributed by atoms with Crippen LogP contribution < -0.4 is 5.32 Å². The molecular formula is C19H20ClN3O2. The molecule has 5 nitrogen and oxygen atoms in total. The van der Waals surface area contributed by atoms with E-state index in [0.29, 0.717) is 31.0 Å². The predicted molar refractivity (Wildman–Crippen MR) is 95.7 cm³/mol. The number of benzene rings is 1. The Hall–Kier alpha value is -2.40. The van der Waals surface area contributed by atoms with E-state index < -0.39 is 5.54 Å². The van der Waals surface area contributed by atoms with E-state index in [2.05, 4.69) is 10.3 Å². The highest BCUT2D eigenvalue weighted by Gasteiger charge is 2.47. The maximum Gasteiger partial charge on any atom is 0.245 e. The summed E-state index contributed by atoms with van der Waals surface area (Å²) in [5.74, 6) is -0.187. The number of hydrogen-bond acceptors (Lipinski definition) is 3. The van der Waals surface area contributed by atoms with Crippen molar-refractivity contribution in [2.45, 2.75) is 38.4 Å². The van der Waals surface area contributed by atoms with Crippen LogP contribution in [-0.4, -0.2) is 27.2 Å². The Morgan fingerprint density at radius 3 is 2.84 bits per heavy atom. The molecule has 0 radical (unpaired) electrons. The minimum Gasteiger partial charge on any atom is -0.350 e. The van der Waals surface area contributed by atoms with E-state index in [0.717, 1.165) is 11.1 Å². The van der Waals surface area contributed by atoms with E-state index in [1.54, 1.807) is 23.4 Å². The van der Waals surface area contributed by atoms with Gasteiger partial charge in [-0.25, -0.2) is 0 Å². The van der Waals surface area contributed by atoms with Crippen LogP contribution in [0.15, 0.2) is 48.8 Å². The SMILES string of the molecule is C[C@]1(C(=O)NCc2cccnc2)CCC(=O)N1Cc1ccccc1Cl. The number of hydrogen-bond donors (Lipinski definition) is 1. The molecule has 0 saturated carbocycles. The van der Waals surface area contributed by atoms with Crippen molar-refractivity contribution in [3.63, 3.8) is 0 Å². The molecule has 1 fully saturated rings. The molecular weight excluding hydrogens is 338 g/mol. The Morgan fingerprint density at radius 2 is 2.12 bits per heavy atom. The lowest BCUT2D eigenvalue weighted by molar-refractivity contribution is -0.141. The largest absolute Gasteiger partial charge is 0.350 e. The average molecular weight is 358 g/mol. The van der Waals surface area contributed by atoms with Crippen molar-refractivity contribution in [3.8, 4) is 0 Å². The molecule has 1 N–H and O–H groups in total. The van der Waals surface area contributed by atoms with Gasteiger partial charge in [-0.2, -0.15) is 0 Å². The van der Waals surface area contributed by atoms with Gasteiger partial charge in [0.25, 0.3) is 0 Å². The van der Waals surface area contributed by atoms with Gasteiger partial charge in [-0.05, 0) is 36.6 Å². The topological polar surface area (TPSA) is 62.3 Å². The average Bonchev–Trinajstić information content (AvgIpc) is 2.92. The van der Waals surface area contributed by atoms with Gasteiger partial charge in [0.1, 0.15) is 5.54 Å². The summed E-state index contributed by atoms with van der Waals surface area (Å²) in [5, 5.41) is 3.52. The van der Waals surface area contributed by atoms with Gasteiger partial charge in [0.15, 0.2) is 0 Å². The lowest BCUT2D eigenvalue weighted by Gasteiger charge is -2.34. The van der Waals surface area contributed by atoms with Gasteiger partial charge in [-0.3, -0.25) is 14.6 Å². The molecule has 0 unspecified atom stereocenters. The molecule has 2 aromatic rings. The smallest absolute Gasteiger partial charge is 0.245 e. The van der Waals surface area contributed by atoms with Gasteiger partial charge in [0, 0.05) is 36.9 Å². The zero-order valence-corrected chi connectivity index (χ0v) is 14.8. The molecule has 1 aliphatic heterocycles. The number of carbonyl (C=O) groups is 2. The van der Waals surface area contributed by atoms with E-state index in [1.165, 1.54) is 0 Å². The third-order valence-corrected chi connectivity index (χ3v) is 5.04.